The summed E-state index contributed by atoms with van der Waals surface area (Å²) < 4.78 is 21.3. The van der Waals surface area contributed by atoms with Gasteiger partial charge >= 0.3 is 5.97 Å². The first-order valence-electron chi connectivity index (χ1n) is 4.62. The lowest BCUT2D eigenvalue weighted by Gasteiger charge is -2.21. The smallest absolute Gasteiger partial charge is 0.305 e. The van der Waals surface area contributed by atoms with Crippen LogP contribution in [-0.2, 0) is 23.7 Å². The Morgan fingerprint density at radius 3 is 2.79 bits per heavy atom. The highest BCUT2D eigenvalue weighted by Gasteiger charge is 2.51. The second-order valence-corrected chi connectivity index (χ2v) is 3.95. The molecule has 0 N–H and O–H groups in total. The second-order valence-electron chi connectivity index (χ2n) is 3.95. The number of hydrogen-bond acceptors (Lipinski definition) is 5. The molecule has 2 heterocycles. The summed E-state index contributed by atoms with van der Waals surface area (Å²) in [4.78, 5) is 10.8. The van der Waals surface area contributed by atoms with Gasteiger partial charge in [0.1, 0.15) is 6.10 Å². The molecule has 2 unspecified atom stereocenters. The highest BCUT2D eigenvalue weighted by atomic mass is 16.8. The Labute approximate surface area is 82.3 Å². The van der Waals surface area contributed by atoms with E-state index < -0.39 is 12.1 Å². The zero-order valence-corrected chi connectivity index (χ0v) is 8.48. The van der Waals surface area contributed by atoms with E-state index in [1.165, 1.54) is 6.92 Å². The van der Waals surface area contributed by atoms with Gasteiger partial charge in [-0.3, -0.25) is 4.79 Å². The van der Waals surface area contributed by atoms with Crippen LogP contribution in [-0.4, -0.2) is 36.9 Å². The number of carbonyl (C=O) groups excluding carboxylic acids is 1. The van der Waals surface area contributed by atoms with E-state index in [0.29, 0.717) is 6.61 Å². The third-order valence-corrected chi connectivity index (χ3v) is 2.20. The Hall–Kier alpha value is -0.650. The average molecular weight is 202 g/mol. The van der Waals surface area contributed by atoms with Crippen molar-refractivity contribution in [3.05, 3.63) is 0 Å². The molecule has 0 saturated carbocycles. The first-order chi connectivity index (χ1) is 6.48. The minimum atomic E-state index is -0.626. The fourth-order valence-electron chi connectivity index (χ4n) is 1.77. The highest BCUT2D eigenvalue weighted by molar-refractivity contribution is 5.66. The molecule has 0 bridgehead atoms. The quantitative estimate of drug-likeness (QED) is 0.577. The van der Waals surface area contributed by atoms with Crippen LogP contribution in [0.25, 0.3) is 0 Å². The summed E-state index contributed by atoms with van der Waals surface area (Å²) in [5, 5.41) is 0. The van der Waals surface area contributed by atoms with Gasteiger partial charge in [0.05, 0.1) is 6.61 Å². The molecule has 0 aliphatic carbocycles. The summed E-state index contributed by atoms with van der Waals surface area (Å²) in [5.41, 5.74) is 0. The van der Waals surface area contributed by atoms with Gasteiger partial charge in [-0.1, -0.05) is 0 Å². The fourth-order valence-corrected chi connectivity index (χ4v) is 1.77. The summed E-state index contributed by atoms with van der Waals surface area (Å²) in [6.45, 7) is 5.41. The second kappa shape index (κ2) is 3.18. The molecule has 0 aromatic heterocycles. The van der Waals surface area contributed by atoms with E-state index in [2.05, 4.69) is 0 Å². The van der Waals surface area contributed by atoms with E-state index in [1.54, 1.807) is 0 Å². The van der Waals surface area contributed by atoms with Crippen LogP contribution in [0.15, 0.2) is 0 Å². The molecule has 0 spiro atoms. The summed E-state index contributed by atoms with van der Waals surface area (Å²) in [6.07, 6.45) is -1.05. The van der Waals surface area contributed by atoms with Crippen LogP contribution in [0, 0.1) is 0 Å². The molecule has 2 aliphatic heterocycles. The number of carbonyl (C=O) groups is 1. The standard InChI is InChI=1S/C9H14O5/c1-5(10)12-8-7-6(4-11-8)13-9(2,3)14-7/h6-8H,4H2,1-3H3/t6?,7?,8-/m0/s1. The van der Waals surface area contributed by atoms with Gasteiger partial charge < -0.3 is 18.9 Å². The Kier molecular flexibility index (Phi) is 2.25. The lowest BCUT2D eigenvalue weighted by Crippen LogP contribution is -2.32. The van der Waals surface area contributed by atoms with E-state index in [-0.39, 0.29) is 18.2 Å². The van der Waals surface area contributed by atoms with Gasteiger partial charge in [0.15, 0.2) is 11.9 Å². The number of esters is 1. The Bertz CT molecular complexity index is 250. The molecule has 0 aromatic carbocycles. The molecule has 5 nitrogen and oxygen atoms in total. The van der Waals surface area contributed by atoms with Crippen LogP contribution in [0.1, 0.15) is 20.8 Å². The van der Waals surface area contributed by atoms with Crippen molar-refractivity contribution in [2.24, 2.45) is 0 Å². The lowest BCUT2D eigenvalue weighted by atomic mass is 10.2. The van der Waals surface area contributed by atoms with E-state index in [4.69, 9.17) is 18.9 Å². The van der Waals surface area contributed by atoms with E-state index in [9.17, 15) is 4.79 Å². The average Bonchev–Trinajstić information content (AvgIpc) is 2.47. The molecular formula is C9H14O5. The normalized spacial score (nSPS) is 39.5. The van der Waals surface area contributed by atoms with Crippen LogP contribution in [0.5, 0.6) is 0 Å². The van der Waals surface area contributed by atoms with Crippen LogP contribution < -0.4 is 0 Å². The largest absolute Gasteiger partial charge is 0.433 e. The van der Waals surface area contributed by atoms with Crippen LogP contribution >= 0.6 is 0 Å². The van der Waals surface area contributed by atoms with Crippen LogP contribution in [0.4, 0.5) is 0 Å². The molecule has 2 saturated heterocycles. The summed E-state index contributed by atoms with van der Waals surface area (Å²) in [6, 6.07) is 0. The van der Waals surface area contributed by atoms with Crippen molar-refractivity contribution in [1.29, 1.82) is 0 Å². The maximum absolute atomic E-state index is 10.8. The molecule has 5 heteroatoms. The van der Waals surface area contributed by atoms with E-state index >= 15 is 0 Å². The van der Waals surface area contributed by atoms with Gasteiger partial charge in [-0.25, -0.2) is 0 Å². The molecule has 2 fully saturated rings. The first-order valence-corrected chi connectivity index (χ1v) is 4.62. The van der Waals surface area contributed by atoms with Gasteiger partial charge in [0.25, 0.3) is 0 Å². The minimum Gasteiger partial charge on any atom is -0.433 e. The van der Waals surface area contributed by atoms with E-state index in [0.717, 1.165) is 0 Å². The number of fused-ring (bicyclic) bond motifs is 1. The summed E-state index contributed by atoms with van der Waals surface area (Å²) >= 11 is 0. The maximum Gasteiger partial charge on any atom is 0.305 e. The molecule has 0 aromatic rings. The Morgan fingerprint density at radius 2 is 2.14 bits per heavy atom. The van der Waals surface area contributed by atoms with Crippen molar-refractivity contribution in [2.75, 3.05) is 6.61 Å². The molecular weight excluding hydrogens is 188 g/mol. The minimum absolute atomic E-state index is 0.130. The fraction of sp³-hybridized carbons (Fsp3) is 0.889. The van der Waals surface area contributed by atoms with Gasteiger partial charge in [-0.2, -0.15) is 0 Å². The third-order valence-electron chi connectivity index (χ3n) is 2.20. The van der Waals surface area contributed by atoms with Crippen molar-refractivity contribution in [3.63, 3.8) is 0 Å². The van der Waals surface area contributed by atoms with E-state index in [1.807, 2.05) is 13.8 Å². The molecule has 14 heavy (non-hydrogen) atoms. The molecule has 2 rings (SSSR count). The molecule has 0 amide bonds. The summed E-state index contributed by atoms with van der Waals surface area (Å²) in [5.74, 6) is -0.985. The maximum atomic E-state index is 10.8. The Balaban J connectivity index is 2.01. The highest BCUT2D eigenvalue weighted by Crippen LogP contribution is 2.35. The molecule has 3 atom stereocenters. The molecule has 80 valence electrons. The van der Waals surface area contributed by atoms with Gasteiger partial charge in [-0.05, 0) is 13.8 Å². The monoisotopic (exact) mass is 202 g/mol. The number of ether oxygens (including phenoxy) is 4. The molecule has 2 aliphatic rings. The SMILES string of the molecule is CC(=O)O[C@@H]1OCC2OC(C)(C)OC21. The predicted molar refractivity (Wildman–Crippen MR) is 45.3 cm³/mol. The van der Waals surface area contributed by atoms with Crippen molar-refractivity contribution in [1.82, 2.24) is 0 Å². The summed E-state index contributed by atoms with van der Waals surface area (Å²) in [7, 11) is 0. The van der Waals surface area contributed by atoms with Crippen LogP contribution in [0.2, 0.25) is 0 Å². The topological polar surface area (TPSA) is 54.0 Å². The van der Waals surface area contributed by atoms with Gasteiger partial charge in [0.2, 0.25) is 6.29 Å². The van der Waals surface area contributed by atoms with Gasteiger partial charge in [-0.15, -0.1) is 0 Å². The first kappa shape index (κ1) is 9.89. The van der Waals surface area contributed by atoms with Crippen LogP contribution in [0.3, 0.4) is 0 Å². The van der Waals surface area contributed by atoms with Crippen molar-refractivity contribution >= 4 is 5.97 Å². The zero-order valence-electron chi connectivity index (χ0n) is 8.48. The molecule has 0 radical (unpaired) electrons. The Morgan fingerprint density at radius 1 is 1.43 bits per heavy atom. The van der Waals surface area contributed by atoms with Crippen molar-refractivity contribution in [3.8, 4) is 0 Å². The van der Waals surface area contributed by atoms with Crippen molar-refractivity contribution in [2.45, 2.75) is 45.1 Å². The number of hydrogen-bond donors (Lipinski definition) is 0. The van der Waals surface area contributed by atoms with Crippen molar-refractivity contribution < 1.29 is 23.7 Å². The predicted octanol–water partition coefficient (Wildman–Crippen LogP) is 0.426. The lowest BCUT2D eigenvalue weighted by molar-refractivity contribution is -0.218. The number of rotatable bonds is 1. The zero-order chi connectivity index (χ0) is 10.3. The third kappa shape index (κ3) is 1.75. The van der Waals surface area contributed by atoms with Gasteiger partial charge in [0, 0.05) is 6.92 Å².